The first-order valence-electron chi connectivity index (χ1n) is 9.69. The molecule has 1 aromatic heterocycles. The molecule has 0 spiro atoms. The van der Waals surface area contributed by atoms with Gasteiger partial charge in [0.25, 0.3) is 0 Å². The molecule has 6 heteroatoms. The lowest BCUT2D eigenvalue weighted by Crippen LogP contribution is -2.37. The average molecular weight is 389 g/mol. The van der Waals surface area contributed by atoms with Crippen molar-refractivity contribution >= 4 is 17.1 Å². The van der Waals surface area contributed by atoms with E-state index in [1.54, 1.807) is 11.8 Å². The lowest BCUT2D eigenvalue weighted by atomic mass is 10.0. The summed E-state index contributed by atoms with van der Waals surface area (Å²) in [7, 11) is 0. The smallest absolute Gasteiger partial charge is 0.410 e. The van der Waals surface area contributed by atoms with Crippen molar-refractivity contribution in [2.75, 3.05) is 19.7 Å². The first kappa shape index (κ1) is 21.8. The topological polar surface area (TPSA) is 69.0 Å². The van der Waals surface area contributed by atoms with Gasteiger partial charge in [-0.25, -0.2) is 9.59 Å². The maximum Gasteiger partial charge on any atom is 0.410 e. The number of hydrogen-bond acceptors (Lipinski definition) is 5. The second-order valence-electron chi connectivity index (χ2n) is 7.99. The van der Waals surface area contributed by atoms with Crippen LogP contribution in [0.5, 0.6) is 5.75 Å². The quantitative estimate of drug-likeness (QED) is 0.527. The van der Waals surface area contributed by atoms with Crippen LogP contribution in [0, 0.1) is 20.8 Å². The summed E-state index contributed by atoms with van der Waals surface area (Å²) in [5.41, 5.74) is 2.08. The molecule has 0 atom stereocenters. The Morgan fingerprint density at radius 1 is 1.14 bits per heavy atom. The molecule has 0 aliphatic heterocycles. The Balaban J connectivity index is 2.08. The molecule has 28 heavy (non-hydrogen) atoms. The highest BCUT2D eigenvalue weighted by Gasteiger charge is 2.21. The van der Waals surface area contributed by atoms with E-state index in [1.807, 2.05) is 53.7 Å². The van der Waals surface area contributed by atoms with Crippen LogP contribution >= 0.6 is 0 Å². The highest BCUT2D eigenvalue weighted by Crippen LogP contribution is 2.31. The summed E-state index contributed by atoms with van der Waals surface area (Å²) in [6, 6.07) is 3.78. The van der Waals surface area contributed by atoms with Gasteiger partial charge < -0.3 is 18.8 Å². The molecule has 1 aromatic carbocycles. The number of amides is 1. The van der Waals surface area contributed by atoms with Crippen LogP contribution < -0.4 is 10.4 Å². The molecule has 0 radical (unpaired) electrons. The SMILES string of the molecule is CCN(CCCOc1ccc(C)c2oc(=O)c(C)c(C)c12)C(=O)OC(C)(C)C. The van der Waals surface area contributed by atoms with Crippen LogP contribution in [-0.4, -0.2) is 36.3 Å². The fraction of sp³-hybridized carbons (Fsp3) is 0.545. The third-order valence-electron chi connectivity index (χ3n) is 4.62. The van der Waals surface area contributed by atoms with Gasteiger partial charge in [-0.05, 0) is 72.1 Å². The Morgan fingerprint density at radius 3 is 2.43 bits per heavy atom. The number of aryl methyl sites for hydroxylation is 2. The van der Waals surface area contributed by atoms with E-state index >= 15 is 0 Å². The van der Waals surface area contributed by atoms with Gasteiger partial charge >= 0.3 is 11.7 Å². The van der Waals surface area contributed by atoms with Gasteiger partial charge in [-0.2, -0.15) is 0 Å². The summed E-state index contributed by atoms with van der Waals surface area (Å²) >= 11 is 0. The van der Waals surface area contributed by atoms with Crippen molar-refractivity contribution in [1.82, 2.24) is 4.90 Å². The van der Waals surface area contributed by atoms with E-state index in [0.29, 0.717) is 43.0 Å². The van der Waals surface area contributed by atoms with E-state index in [1.165, 1.54) is 0 Å². The molecule has 6 nitrogen and oxygen atoms in total. The lowest BCUT2D eigenvalue weighted by Gasteiger charge is -2.26. The van der Waals surface area contributed by atoms with Crippen LogP contribution in [0.25, 0.3) is 11.0 Å². The number of ether oxygens (including phenoxy) is 2. The molecule has 1 heterocycles. The third kappa shape index (κ3) is 5.06. The third-order valence-corrected chi connectivity index (χ3v) is 4.62. The van der Waals surface area contributed by atoms with E-state index in [9.17, 15) is 9.59 Å². The molecule has 0 saturated carbocycles. The van der Waals surface area contributed by atoms with Crippen molar-refractivity contribution in [3.63, 3.8) is 0 Å². The number of carbonyl (C=O) groups is 1. The van der Waals surface area contributed by atoms with Gasteiger partial charge in [0.05, 0.1) is 12.0 Å². The molecule has 1 amide bonds. The first-order chi connectivity index (χ1) is 13.0. The van der Waals surface area contributed by atoms with Crippen molar-refractivity contribution < 1.29 is 18.7 Å². The molecule has 2 aromatic rings. The van der Waals surface area contributed by atoms with Gasteiger partial charge in [0.15, 0.2) is 0 Å². The van der Waals surface area contributed by atoms with Crippen molar-refractivity contribution in [3.05, 3.63) is 39.2 Å². The number of rotatable bonds is 6. The molecule has 0 aliphatic carbocycles. The first-order valence-corrected chi connectivity index (χ1v) is 9.69. The van der Waals surface area contributed by atoms with E-state index in [0.717, 1.165) is 16.5 Å². The standard InChI is InChI=1S/C22H31NO5/c1-8-23(21(25)28-22(5,6)7)12-9-13-26-17-11-10-14(2)19-18(17)15(3)16(4)20(24)27-19/h10-11H,8-9,12-13H2,1-7H3. The van der Waals surface area contributed by atoms with Crippen LogP contribution in [0.3, 0.4) is 0 Å². The Kier molecular flexibility index (Phi) is 6.75. The van der Waals surface area contributed by atoms with Crippen molar-refractivity contribution in [2.24, 2.45) is 0 Å². The second kappa shape index (κ2) is 8.67. The Hall–Kier alpha value is -2.50. The Morgan fingerprint density at radius 2 is 1.82 bits per heavy atom. The van der Waals surface area contributed by atoms with Gasteiger partial charge in [0, 0.05) is 18.7 Å². The number of fused-ring (bicyclic) bond motifs is 1. The second-order valence-corrected chi connectivity index (χ2v) is 7.99. The highest BCUT2D eigenvalue weighted by molar-refractivity contribution is 5.89. The van der Waals surface area contributed by atoms with E-state index in [4.69, 9.17) is 13.9 Å². The van der Waals surface area contributed by atoms with Crippen molar-refractivity contribution in [3.8, 4) is 5.75 Å². The van der Waals surface area contributed by atoms with E-state index in [-0.39, 0.29) is 11.7 Å². The molecule has 0 bridgehead atoms. The molecule has 0 unspecified atom stereocenters. The minimum absolute atomic E-state index is 0.316. The molecule has 154 valence electrons. The lowest BCUT2D eigenvalue weighted by molar-refractivity contribution is 0.0252. The Labute approximate surface area is 166 Å². The Bertz CT molecular complexity index is 908. The summed E-state index contributed by atoms with van der Waals surface area (Å²) in [6.45, 7) is 14.6. The van der Waals surface area contributed by atoms with Crippen molar-refractivity contribution in [2.45, 2.75) is 60.5 Å². The highest BCUT2D eigenvalue weighted by atomic mass is 16.6. The number of hydrogen-bond donors (Lipinski definition) is 0. The van der Waals surface area contributed by atoms with Crippen LogP contribution in [0.1, 0.15) is 50.8 Å². The number of benzene rings is 1. The maximum absolute atomic E-state index is 12.2. The van der Waals surface area contributed by atoms with Crippen LogP contribution in [0.15, 0.2) is 21.3 Å². The van der Waals surface area contributed by atoms with Crippen LogP contribution in [0.2, 0.25) is 0 Å². The molecule has 0 fully saturated rings. The summed E-state index contributed by atoms with van der Waals surface area (Å²) in [5, 5.41) is 0.830. The largest absolute Gasteiger partial charge is 0.493 e. The monoisotopic (exact) mass is 389 g/mol. The van der Waals surface area contributed by atoms with Gasteiger partial charge in [0.1, 0.15) is 16.9 Å². The van der Waals surface area contributed by atoms with E-state index in [2.05, 4.69) is 0 Å². The predicted molar refractivity (Wildman–Crippen MR) is 110 cm³/mol. The fourth-order valence-corrected chi connectivity index (χ4v) is 2.93. The minimum atomic E-state index is -0.513. The molecule has 2 rings (SSSR count). The maximum atomic E-state index is 12.2. The normalized spacial score (nSPS) is 11.5. The molecular weight excluding hydrogens is 358 g/mol. The van der Waals surface area contributed by atoms with Crippen LogP contribution in [-0.2, 0) is 4.74 Å². The van der Waals surface area contributed by atoms with Gasteiger partial charge in [-0.1, -0.05) is 6.07 Å². The molecule has 0 saturated heterocycles. The molecular formula is C22H31NO5. The summed E-state index contributed by atoms with van der Waals surface area (Å²) < 4.78 is 16.9. The van der Waals surface area contributed by atoms with Gasteiger partial charge in [-0.15, -0.1) is 0 Å². The van der Waals surface area contributed by atoms with Crippen LogP contribution in [0.4, 0.5) is 4.79 Å². The summed E-state index contributed by atoms with van der Waals surface area (Å²) in [6.07, 6.45) is 0.348. The average Bonchev–Trinajstić information content (AvgIpc) is 2.60. The zero-order valence-corrected chi connectivity index (χ0v) is 18.0. The van der Waals surface area contributed by atoms with Gasteiger partial charge in [0.2, 0.25) is 0 Å². The summed E-state index contributed by atoms with van der Waals surface area (Å²) in [4.78, 5) is 25.9. The molecule has 0 aliphatic rings. The van der Waals surface area contributed by atoms with E-state index < -0.39 is 5.60 Å². The minimum Gasteiger partial charge on any atom is -0.493 e. The van der Waals surface area contributed by atoms with Crippen molar-refractivity contribution in [1.29, 1.82) is 0 Å². The number of nitrogens with zero attached hydrogens (tertiary/aromatic N) is 1. The number of carbonyl (C=O) groups excluding carboxylic acids is 1. The molecule has 0 N–H and O–H groups in total. The summed E-state index contributed by atoms with van der Waals surface area (Å²) in [5.74, 6) is 0.685. The zero-order valence-electron chi connectivity index (χ0n) is 18.0. The predicted octanol–water partition coefficient (Wildman–Crippen LogP) is 4.74. The van der Waals surface area contributed by atoms with Gasteiger partial charge in [-0.3, -0.25) is 0 Å². The fourth-order valence-electron chi connectivity index (χ4n) is 2.93. The zero-order chi connectivity index (χ0) is 21.1.